The monoisotopic (exact) mass is 285 g/mol. The van der Waals surface area contributed by atoms with Gasteiger partial charge in [0.15, 0.2) is 0 Å². The second-order valence-corrected chi connectivity index (χ2v) is 5.34. The third-order valence-corrected chi connectivity index (χ3v) is 3.85. The fourth-order valence-corrected chi connectivity index (χ4v) is 2.56. The van der Waals surface area contributed by atoms with Crippen LogP contribution < -0.4 is 11.1 Å². The van der Waals surface area contributed by atoms with Crippen molar-refractivity contribution in [3.63, 3.8) is 0 Å². The van der Waals surface area contributed by atoms with Crippen LogP contribution in [-0.2, 0) is 0 Å². The molecule has 1 atom stereocenters. The van der Waals surface area contributed by atoms with Gasteiger partial charge in [0.1, 0.15) is 0 Å². The highest BCUT2D eigenvalue weighted by Gasteiger charge is 2.21. The van der Waals surface area contributed by atoms with E-state index < -0.39 is 0 Å². The number of nitrogens with one attached hydrogen (secondary N) is 1. The fourth-order valence-electron chi connectivity index (χ4n) is 2.56. The molecule has 21 heavy (non-hydrogen) atoms. The highest BCUT2D eigenvalue weighted by Crippen LogP contribution is 2.14. The first kappa shape index (κ1) is 15.6. The van der Waals surface area contributed by atoms with E-state index in [-0.39, 0.29) is 5.91 Å². The van der Waals surface area contributed by atoms with Crippen molar-refractivity contribution in [1.29, 1.82) is 0 Å². The van der Waals surface area contributed by atoms with Crippen LogP contribution in [0.4, 0.5) is 0 Å². The SMILES string of the molecule is CCN1CCC(CNC(=O)c2ccc(C#CCN)cc2)C1. The van der Waals surface area contributed by atoms with Crippen molar-refractivity contribution >= 4 is 5.91 Å². The lowest BCUT2D eigenvalue weighted by atomic mass is 10.1. The first-order valence-electron chi connectivity index (χ1n) is 7.52. The maximum atomic E-state index is 12.1. The van der Waals surface area contributed by atoms with Crippen molar-refractivity contribution in [3.8, 4) is 11.8 Å². The Hall–Kier alpha value is -1.83. The highest BCUT2D eigenvalue weighted by molar-refractivity contribution is 5.94. The summed E-state index contributed by atoms with van der Waals surface area (Å²) >= 11 is 0. The lowest BCUT2D eigenvalue weighted by Gasteiger charge is -2.13. The Labute approximate surface area is 126 Å². The zero-order valence-corrected chi connectivity index (χ0v) is 12.6. The van der Waals surface area contributed by atoms with E-state index in [2.05, 4.69) is 29.0 Å². The van der Waals surface area contributed by atoms with E-state index in [1.165, 1.54) is 6.42 Å². The molecule has 1 aliphatic heterocycles. The van der Waals surface area contributed by atoms with Gasteiger partial charge in [0.25, 0.3) is 5.91 Å². The summed E-state index contributed by atoms with van der Waals surface area (Å²) in [5, 5.41) is 3.03. The van der Waals surface area contributed by atoms with E-state index in [4.69, 9.17) is 5.73 Å². The van der Waals surface area contributed by atoms with Crippen molar-refractivity contribution < 1.29 is 4.79 Å². The van der Waals surface area contributed by atoms with Gasteiger partial charge >= 0.3 is 0 Å². The van der Waals surface area contributed by atoms with E-state index >= 15 is 0 Å². The second kappa shape index (κ2) is 7.82. The molecule has 1 saturated heterocycles. The standard InChI is InChI=1S/C17H23N3O/c1-2-20-11-9-15(13-20)12-19-17(21)16-7-5-14(6-8-16)4-3-10-18/h5-8,15H,2,9-13,18H2,1H3,(H,19,21). The Morgan fingerprint density at radius 3 is 2.81 bits per heavy atom. The molecule has 1 amide bonds. The summed E-state index contributed by atoms with van der Waals surface area (Å²) in [6, 6.07) is 7.32. The molecule has 0 aromatic heterocycles. The van der Waals surface area contributed by atoms with Crippen molar-refractivity contribution in [1.82, 2.24) is 10.2 Å². The summed E-state index contributed by atoms with van der Waals surface area (Å²) in [4.78, 5) is 14.5. The Morgan fingerprint density at radius 2 is 2.19 bits per heavy atom. The molecule has 2 rings (SSSR count). The third-order valence-electron chi connectivity index (χ3n) is 3.85. The van der Waals surface area contributed by atoms with Crippen LogP contribution in [0.3, 0.4) is 0 Å². The lowest BCUT2D eigenvalue weighted by molar-refractivity contribution is 0.0947. The number of benzene rings is 1. The average molecular weight is 285 g/mol. The maximum Gasteiger partial charge on any atom is 0.251 e. The summed E-state index contributed by atoms with van der Waals surface area (Å²) < 4.78 is 0. The first-order valence-corrected chi connectivity index (χ1v) is 7.52. The normalized spacial score (nSPS) is 18.1. The molecule has 0 aliphatic carbocycles. The highest BCUT2D eigenvalue weighted by atomic mass is 16.1. The van der Waals surface area contributed by atoms with E-state index in [0.29, 0.717) is 18.0 Å². The summed E-state index contributed by atoms with van der Waals surface area (Å²) in [5.74, 6) is 6.31. The number of rotatable bonds is 4. The average Bonchev–Trinajstić information content (AvgIpc) is 2.99. The molecule has 0 radical (unpaired) electrons. The lowest BCUT2D eigenvalue weighted by Crippen LogP contribution is -2.31. The van der Waals surface area contributed by atoms with Gasteiger partial charge in [0.05, 0.1) is 6.54 Å². The number of carbonyl (C=O) groups is 1. The van der Waals surface area contributed by atoms with Crippen molar-refractivity contribution in [3.05, 3.63) is 35.4 Å². The molecule has 0 spiro atoms. The Morgan fingerprint density at radius 1 is 1.43 bits per heavy atom. The van der Waals surface area contributed by atoms with Crippen LogP contribution in [0.25, 0.3) is 0 Å². The molecule has 4 nitrogen and oxygen atoms in total. The molecule has 1 aliphatic rings. The molecule has 0 saturated carbocycles. The summed E-state index contributed by atoms with van der Waals surface area (Å²) in [5.41, 5.74) is 6.89. The second-order valence-electron chi connectivity index (χ2n) is 5.34. The molecule has 1 unspecified atom stereocenters. The van der Waals surface area contributed by atoms with Gasteiger partial charge in [0, 0.05) is 24.2 Å². The van der Waals surface area contributed by atoms with Gasteiger partial charge in [-0.1, -0.05) is 18.8 Å². The Bertz CT molecular complexity index is 527. The van der Waals surface area contributed by atoms with Crippen molar-refractivity contribution in [2.45, 2.75) is 13.3 Å². The number of carbonyl (C=O) groups excluding carboxylic acids is 1. The van der Waals surface area contributed by atoms with Crippen LogP contribution in [0, 0.1) is 17.8 Å². The van der Waals surface area contributed by atoms with Gasteiger partial charge in [-0.3, -0.25) is 4.79 Å². The van der Waals surface area contributed by atoms with Crippen LogP contribution >= 0.6 is 0 Å². The molecule has 1 aromatic rings. The van der Waals surface area contributed by atoms with Crippen LogP contribution in [0.5, 0.6) is 0 Å². The van der Waals surface area contributed by atoms with Gasteiger partial charge in [-0.25, -0.2) is 0 Å². The smallest absolute Gasteiger partial charge is 0.251 e. The molecule has 0 bridgehead atoms. The molecular weight excluding hydrogens is 262 g/mol. The largest absolute Gasteiger partial charge is 0.352 e. The fraction of sp³-hybridized carbons (Fsp3) is 0.471. The molecule has 1 heterocycles. The number of amides is 1. The van der Waals surface area contributed by atoms with Gasteiger partial charge in [-0.05, 0) is 49.7 Å². The van der Waals surface area contributed by atoms with Crippen molar-refractivity contribution in [2.75, 3.05) is 32.7 Å². The number of nitrogens with zero attached hydrogens (tertiary/aromatic N) is 1. The van der Waals surface area contributed by atoms with Gasteiger partial charge in [-0.2, -0.15) is 0 Å². The van der Waals surface area contributed by atoms with Crippen LogP contribution in [0.1, 0.15) is 29.3 Å². The minimum Gasteiger partial charge on any atom is -0.352 e. The quantitative estimate of drug-likeness (QED) is 0.814. The number of hydrogen-bond donors (Lipinski definition) is 2. The van der Waals surface area contributed by atoms with Gasteiger partial charge in [0.2, 0.25) is 0 Å². The van der Waals surface area contributed by atoms with E-state index in [1.807, 2.05) is 24.3 Å². The van der Waals surface area contributed by atoms with Crippen LogP contribution in [-0.4, -0.2) is 43.5 Å². The summed E-state index contributed by atoms with van der Waals surface area (Å²) in [6.07, 6.45) is 1.17. The number of nitrogens with two attached hydrogens (primary N) is 1. The molecule has 1 aromatic carbocycles. The van der Waals surface area contributed by atoms with E-state index in [0.717, 1.165) is 31.7 Å². The molecule has 1 fully saturated rings. The molecule has 112 valence electrons. The zero-order chi connectivity index (χ0) is 15.1. The minimum absolute atomic E-state index is 0.0108. The Kier molecular flexibility index (Phi) is 5.79. The first-order chi connectivity index (χ1) is 10.2. The molecule has 3 N–H and O–H groups in total. The molecular formula is C17H23N3O. The van der Waals surface area contributed by atoms with Crippen LogP contribution in [0.15, 0.2) is 24.3 Å². The summed E-state index contributed by atoms with van der Waals surface area (Å²) in [7, 11) is 0. The zero-order valence-electron chi connectivity index (χ0n) is 12.6. The minimum atomic E-state index is -0.0108. The molecule has 4 heteroatoms. The predicted molar refractivity (Wildman–Crippen MR) is 84.9 cm³/mol. The topological polar surface area (TPSA) is 58.4 Å². The number of hydrogen-bond acceptors (Lipinski definition) is 3. The predicted octanol–water partition coefficient (Wildman–Crippen LogP) is 1.07. The van der Waals surface area contributed by atoms with Gasteiger partial charge in [-0.15, -0.1) is 0 Å². The number of likely N-dealkylation sites (tertiary alicyclic amines) is 1. The van der Waals surface area contributed by atoms with E-state index in [9.17, 15) is 4.79 Å². The Balaban J connectivity index is 1.83. The maximum absolute atomic E-state index is 12.1. The van der Waals surface area contributed by atoms with E-state index in [1.54, 1.807) is 0 Å². The third kappa shape index (κ3) is 4.59. The van der Waals surface area contributed by atoms with Crippen molar-refractivity contribution in [2.24, 2.45) is 11.7 Å². The van der Waals surface area contributed by atoms with Gasteiger partial charge < -0.3 is 16.0 Å². The van der Waals surface area contributed by atoms with Crippen LogP contribution in [0.2, 0.25) is 0 Å². The summed E-state index contributed by atoms with van der Waals surface area (Å²) in [6.45, 7) is 6.60.